The second-order valence-corrected chi connectivity index (χ2v) is 5.35. The monoisotopic (exact) mass is 318 g/mol. The minimum Gasteiger partial charge on any atom is -0.497 e. The Morgan fingerprint density at radius 2 is 2.05 bits per heavy atom. The number of nitrogens with one attached hydrogen (secondary N) is 2. The number of carbonyl (C=O) groups excluding carboxylic acids is 1. The summed E-state index contributed by atoms with van der Waals surface area (Å²) in [6, 6.07) is 13.0. The molecule has 0 saturated carbocycles. The average molecular weight is 319 g/mol. The molecule has 116 valence electrons. The molecule has 0 aliphatic rings. The van der Waals surface area contributed by atoms with Crippen LogP contribution in [0.4, 0.5) is 10.5 Å². The van der Waals surface area contributed by atoms with Crippen LogP contribution in [0.15, 0.2) is 42.5 Å². The molecule has 22 heavy (non-hydrogen) atoms. The summed E-state index contributed by atoms with van der Waals surface area (Å²) in [6.45, 7) is 2.46. The van der Waals surface area contributed by atoms with Gasteiger partial charge in [-0.2, -0.15) is 0 Å². The Morgan fingerprint density at radius 3 is 2.77 bits per heavy atom. The minimum absolute atomic E-state index is 0.247. The van der Waals surface area contributed by atoms with Gasteiger partial charge in [0.2, 0.25) is 0 Å². The van der Waals surface area contributed by atoms with E-state index in [0.717, 1.165) is 23.3 Å². The summed E-state index contributed by atoms with van der Waals surface area (Å²) in [4.78, 5) is 11.8. The van der Waals surface area contributed by atoms with Crippen molar-refractivity contribution in [1.82, 2.24) is 5.32 Å². The van der Waals surface area contributed by atoms with Gasteiger partial charge >= 0.3 is 6.03 Å². The van der Waals surface area contributed by atoms with E-state index in [1.54, 1.807) is 13.2 Å². The fourth-order valence-corrected chi connectivity index (χ4v) is 2.17. The van der Waals surface area contributed by atoms with Gasteiger partial charge in [-0.3, -0.25) is 0 Å². The number of aryl methyl sites for hydroxylation is 1. The molecular formula is C17H19ClN2O2. The molecule has 2 rings (SSSR count). The number of hydrogen-bond donors (Lipinski definition) is 2. The van der Waals surface area contributed by atoms with E-state index in [4.69, 9.17) is 16.3 Å². The molecule has 0 unspecified atom stereocenters. The van der Waals surface area contributed by atoms with Crippen molar-refractivity contribution < 1.29 is 9.53 Å². The molecular weight excluding hydrogens is 300 g/mol. The van der Waals surface area contributed by atoms with E-state index in [2.05, 4.69) is 10.6 Å². The van der Waals surface area contributed by atoms with Crippen LogP contribution in [0.1, 0.15) is 11.1 Å². The molecule has 0 aromatic heterocycles. The number of halogens is 1. The van der Waals surface area contributed by atoms with Crippen LogP contribution in [0.3, 0.4) is 0 Å². The van der Waals surface area contributed by atoms with Gasteiger partial charge in [-0.25, -0.2) is 4.79 Å². The molecule has 0 bridgehead atoms. The Balaban J connectivity index is 1.81. The maximum absolute atomic E-state index is 11.8. The van der Waals surface area contributed by atoms with Crippen LogP contribution in [-0.4, -0.2) is 19.7 Å². The standard InChI is InChI=1S/C17H19ClN2O2/c1-12-6-7-14(11-16(12)18)20-17(21)19-9-8-13-4-3-5-15(10-13)22-2/h3-7,10-11H,8-9H2,1-2H3,(H2,19,20,21). The highest BCUT2D eigenvalue weighted by molar-refractivity contribution is 6.31. The first-order valence-electron chi connectivity index (χ1n) is 7.02. The highest BCUT2D eigenvalue weighted by atomic mass is 35.5. The van der Waals surface area contributed by atoms with Crippen LogP contribution in [-0.2, 0) is 6.42 Å². The van der Waals surface area contributed by atoms with Crippen LogP contribution in [0.2, 0.25) is 5.02 Å². The molecule has 0 saturated heterocycles. The van der Waals surface area contributed by atoms with Gasteiger partial charge in [-0.05, 0) is 48.7 Å². The van der Waals surface area contributed by atoms with E-state index in [1.165, 1.54) is 0 Å². The number of rotatable bonds is 5. The first kappa shape index (κ1) is 16.2. The predicted octanol–water partition coefficient (Wildman–Crippen LogP) is 4.02. The summed E-state index contributed by atoms with van der Waals surface area (Å²) in [7, 11) is 1.64. The van der Waals surface area contributed by atoms with Gasteiger partial charge < -0.3 is 15.4 Å². The van der Waals surface area contributed by atoms with Gasteiger partial charge in [-0.15, -0.1) is 0 Å². The number of ether oxygens (including phenoxy) is 1. The van der Waals surface area contributed by atoms with Crippen molar-refractivity contribution in [2.45, 2.75) is 13.3 Å². The zero-order valence-electron chi connectivity index (χ0n) is 12.7. The van der Waals surface area contributed by atoms with E-state index in [9.17, 15) is 4.79 Å². The molecule has 2 aromatic carbocycles. The minimum atomic E-state index is -0.247. The number of hydrogen-bond acceptors (Lipinski definition) is 2. The van der Waals surface area contributed by atoms with Crippen LogP contribution < -0.4 is 15.4 Å². The molecule has 0 atom stereocenters. The normalized spacial score (nSPS) is 10.1. The van der Waals surface area contributed by atoms with Crippen molar-refractivity contribution in [3.63, 3.8) is 0 Å². The van der Waals surface area contributed by atoms with Gasteiger partial charge in [0.25, 0.3) is 0 Å². The lowest BCUT2D eigenvalue weighted by atomic mass is 10.1. The second kappa shape index (κ2) is 7.71. The summed E-state index contributed by atoms with van der Waals surface area (Å²) in [5, 5.41) is 6.21. The van der Waals surface area contributed by atoms with Crippen molar-refractivity contribution in [2.75, 3.05) is 19.0 Å². The number of anilines is 1. The van der Waals surface area contributed by atoms with E-state index in [-0.39, 0.29) is 6.03 Å². The van der Waals surface area contributed by atoms with E-state index < -0.39 is 0 Å². The molecule has 2 aromatic rings. The molecule has 0 spiro atoms. The lowest BCUT2D eigenvalue weighted by Crippen LogP contribution is -2.30. The highest BCUT2D eigenvalue weighted by Crippen LogP contribution is 2.19. The molecule has 0 aliphatic heterocycles. The molecule has 5 heteroatoms. The van der Waals surface area contributed by atoms with Crippen molar-refractivity contribution in [3.8, 4) is 5.75 Å². The Hall–Kier alpha value is -2.20. The topological polar surface area (TPSA) is 50.4 Å². The van der Waals surface area contributed by atoms with Crippen molar-refractivity contribution in [1.29, 1.82) is 0 Å². The third-order valence-corrected chi connectivity index (χ3v) is 3.67. The fourth-order valence-electron chi connectivity index (χ4n) is 1.99. The van der Waals surface area contributed by atoms with Gasteiger partial charge in [0, 0.05) is 17.3 Å². The molecule has 2 N–H and O–H groups in total. The average Bonchev–Trinajstić information content (AvgIpc) is 2.51. The zero-order chi connectivity index (χ0) is 15.9. The van der Waals surface area contributed by atoms with Gasteiger partial charge in [-0.1, -0.05) is 29.8 Å². The molecule has 0 radical (unpaired) electrons. The van der Waals surface area contributed by atoms with Gasteiger partial charge in [0.05, 0.1) is 7.11 Å². The molecule has 0 heterocycles. The number of carbonyl (C=O) groups is 1. The molecule has 0 aliphatic carbocycles. The third-order valence-electron chi connectivity index (χ3n) is 3.26. The summed E-state index contributed by atoms with van der Waals surface area (Å²) in [6.07, 6.45) is 0.735. The number of urea groups is 1. The Kier molecular flexibility index (Phi) is 5.67. The SMILES string of the molecule is COc1cccc(CCNC(=O)Nc2ccc(C)c(Cl)c2)c1. The Bertz CT molecular complexity index is 659. The predicted molar refractivity (Wildman–Crippen MR) is 89.9 cm³/mol. The quantitative estimate of drug-likeness (QED) is 0.874. The smallest absolute Gasteiger partial charge is 0.319 e. The summed E-state index contributed by atoms with van der Waals surface area (Å²) in [5.41, 5.74) is 2.76. The van der Waals surface area contributed by atoms with E-state index in [1.807, 2.05) is 43.3 Å². The van der Waals surface area contributed by atoms with Crippen molar-refractivity contribution >= 4 is 23.3 Å². The maximum atomic E-state index is 11.8. The van der Waals surface area contributed by atoms with E-state index >= 15 is 0 Å². The third kappa shape index (κ3) is 4.67. The number of methoxy groups -OCH3 is 1. The largest absolute Gasteiger partial charge is 0.497 e. The first-order chi connectivity index (χ1) is 10.6. The lowest BCUT2D eigenvalue weighted by molar-refractivity contribution is 0.252. The van der Waals surface area contributed by atoms with Crippen LogP contribution >= 0.6 is 11.6 Å². The molecule has 4 nitrogen and oxygen atoms in total. The van der Waals surface area contributed by atoms with E-state index in [0.29, 0.717) is 17.3 Å². The van der Waals surface area contributed by atoms with Crippen molar-refractivity contribution in [2.24, 2.45) is 0 Å². The maximum Gasteiger partial charge on any atom is 0.319 e. The van der Waals surface area contributed by atoms with Gasteiger partial charge in [0.1, 0.15) is 5.75 Å². The number of amides is 2. The van der Waals surface area contributed by atoms with Gasteiger partial charge in [0.15, 0.2) is 0 Å². The molecule has 2 amide bonds. The Morgan fingerprint density at radius 1 is 1.23 bits per heavy atom. The van der Waals surface area contributed by atoms with Crippen LogP contribution in [0.25, 0.3) is 0 Å². The molecule has 0 fully saturated rings. The number of benzene rings is 2. The van der Waals surface area contributed by atoms with Crippen molar-refractivity contribution in [3.05, 3.63) is 58.6 Å². The van der Waals surface area contributed by atoms with Crippen LogP contribution in [0, 0.1) is 6.92 Å². The summed E-state index contributed by atoms with van der Waals surface area (Å²) < 4.78 is 5.17. The van der Waals surface area contributed by atoms with Crippen LogP contribution in [0.5, 0.6) is 5.75 Å². The second-order valence-electron chi connectivity index (χ2n) is 4.95. The lowest BCUT2D eigenvalue weighted by Gasteiger charge is -2.09. The zero-order valence-corrected chi connectivity index (χ0v) is 13.4. The highest BCUT2D eigenvalue weighted by Gasteiger charge is 2.03. The first-order valence-corrected chi connectivity index (χ1v) is 7.40. The fraction of sp³-hybridized carbons (Fsp3) is 0.235. The summed E-state index contributed by atoms with van der Waals surface area (Å²) in [5.74, 6) is 0.816. The summed E-state index contributed by atoms with van der Waals surface area (Å²) >= 11 is 6.03. The Labute approximate surface area is 135 Å².